The first-order chi connectivity index (χ1) is 11.1. The standard InChI is InChI=1S/C17H13Cl2N3O/c18-14-5-1-12(2-6-14)9-16(22-11-20-10-21-22)17(23)13-3-7-15(19)8-4-13/h1-11,17,23H/b16-9+. The zero-order chi connectivity index (χ0) is 16.2. The van der Waals surface area contributed by atoms with E-state index >= 15 is 0 Å². The van der Waals surface area contributed by atoms with E-state index in [0.29, 0.717) is 21.3 Å². The van der Waals surface area contributed by atoms with Gasteiger partial charge in [0.05, 0.1) is 5.70 Å². The Morgan fingerprint density at radius 2 is 1.61 bits per heavy atom. The molecule has 1 unspecified atom stereocenters. The average molecular weight is 346 g/mol. The van der Waals surface area contributed by atoms with E-state index in [1.54, 1.807) is 42.7 Å². The summed E-state index contributed by atoms with van der Waals surface area (Å²) < 4.78 is 1.54. The minimum atomic E-state index is -0.871. The number of hydrogen-bond acceptors (Lipinski definition) is 3. The number of aromatic nitrogens is 3. The van der Waals surface area contributed by atoms with E-state index < -0.39 is 6.10 Å². The van der Waals surface area contributed by atoms with Crippen molar-refractivity contribution in [2.24, 2.45) is 0 Å². The third-order valence-corrected chi connectivity index (χ3v) is 3.84. The maximum atomic E-state index is 10.7. The monoisotopic (exact) mass is 345 g/mol. The van der Waals surface area contributed by atoms with Crippen molar-refractivity contribution < 1.29 is 5.11 Å². The Bertz CT molecular complexity index is 797. The lowest BCUT2D eigenvalue weighted by atomic mass is 10.0. The van der Waals surface area contributed by atoms with Crippen molar-refractivity contribution in [3.63, 3.8) is 0 Å². The number of benzene rings is 2. The van der Waals surface area contributed by atoms with Crippen molar-refractivity contribution in [3.05, 3.63) is 82.4 Å². The smallest absolute Gasteiger partial charge is 0.138 e. The molecule has 3 aromatic rings. The van der Waals surface area contributed by atoms with Crippen LogP contribution in [0, 0.1) is 0 Å². The quantitative estimate of drug-likeness (QED) is 0.766. The molecule has 0 fully saturated rings. The van der Waals surface area contributed by atoms with Gasteiger partial charge < -0.3 is 5.11 Å². The van der Waals surface area contributed by atoms with E-state index in [0.717, 1.165) is 5.56 Å². The van der Waals surface area contributed by atoms with E-state index in [9.17, 15) is 5.11 Å². The molecule has 0 spiro atoms. The minimum Gasteiger partial charge on any atom is -0.382 e. The summed E-state index contributed by atoms with van der Waals surface area (Å²) in [6, 6.07) is 14.4. The van der Waals surface area contributed by atoms with Gasteiger partial charge in [0.25, 0.3) is 0 Å². The summed E-state index contributed by atoms with van der Waals surface area (Å²) in [4.78, 5) is 3.95. The van der Waals surface area contributed by atoms with Gasteiger partial charge >= 0.3 is 0 Å². The highest BCUT2D eigenvalue weighted by molar-refractivity contribution is 6.30. The van der Waals surface area contributed by atoms with Crippen LogP contribution in [0.15, 0.2) is 61.2 Å². The van der Waals surface area contributed by atoms with Gasteiger partial charge in [-0.05, 0) is 41.5 Å². The number of rotatable bonds is 4. The van der Waals surface area contributed by atoms with Crippen LogP contribution in [0.25, 0.3) is 11.8 Å². The second-order valence-corrected chi connectivity index (χ2v) is 5.79. The molecule has 0 aliphatic carbocycles. The van der Waals surface area contributed by atoms with Crippen molar-refractivity contribution in [1.29, 1.82) is 0 Å². The van der Waals surface area contributed by atoms with Crippen molar-refractivity contribution in [2.75, 3.05) is 0 Å². The molecule has 3 rings (SSSR count). The van der Waals surface area contributed by atoms with E-state index in [4.69, 9.17) is 23.2 Å². The second kappa shape index (κ2) is 6.96. The van der Waals surface area contributed by atoms with Crippen molar-refractivity contribution in [3.8, 4) is 0 Å². The fraction of sp³-hybridized carbons (Fsp3) is 0.0588. The van der Waals surface area contributed by atoms with Gasteiger partial charge in [0, 0.05) is 10.0 Å². The van der Waals surface area contributed by atoms with Crippen LogP contribution in [0.4, 0.5) is 0 Å². The van der Waals surface area contributed by atoms with Gasteiger partial charge in [-0.1, -0.05) is 47.5 Å². The predicted octanol–water partition coefficient (Wildman–Crippen LogP) is 4.32. The molecule has 116 valence electrons. The minimum absolute atomic E-state index is 0.576. The molecule has 1 heterocycles. The van der Waals surface area contributed by atoms with E-state index in [-0.39, 0.29) is 0 Å². The van der Waals surface area contributed by atoms with Gasteiger partial charge in [0.2, 0.25) is 0 Å². The largest absolute Gasteiger partial charge is 0.382 e. The van der Waals surface area contributed by atoms with Crippen molar-refractivity contribution >= 4 is 35.0 Å². The lowest BCUT2D eigenvalue weighted by molar-refractivity contribution is 0.231. The SMILES string of the molecule is OC(/C(=C\c1ccc(Cl)cc1)n1cncn1)c1ccc(Cl)cc1. The molecule has 1 atom stereocenters. The molecule has 0 amide bonds. The van der Waals surface area contributed by atoms with Gasteiger partial charge in [-0.15, -0.1) is 0 Å². The average Bonchev–Trinajstić information content (AvgIpc) is 3.08. The Hall–Kier alpha value is -2.14. The zero-order valence-electron chi connectivity index (χ0n) is 12.0. The summed E-state index contributed by atoms with van der Waals surface area (Å²) in [5.41, 5.74) is 2.19. The van der Waals surface area contributed by atoms with Crippen LogP contribution >= 0.6 is 23.2 Å². The molecule has 1 aromatic heterocycles. The number of halogens is 2. The maximum absolute atomic E-state index is 10.7. The molecule has 0 saturated heterocycles. The van der Waals surface area contributed by atoms with Crippen LogP contribution in [0.1, 0.15) is 17.2 Å². The highest BCUT2D eigenvalue weighted by atomic mass is 35.5. The van der Waals surface area contributed by atoms with Gasteiger partial charge in [-0.2, -0.15) is 5.10 Å². The predicted molar refractivity (Wildman–Crippen MR) is 92.1 cm³/mol. The van der Waals surface area contributed by atoms with Crippen LogP contribution in [0.2, 0.25) is 10.0 Å². The number of aliphatic hydroxyl groups is 1. The molecule has 4 nitrogen and oxygen atoms in total. The Morgan fingerprint density at radius 3 is 2.17 bits per heavy atom. The summed E-state index contributed by atoms with van der Waals surface area (Å²) in [5.74, 6) is 0. The van der Waals surface area contributed by atoms with Crippen molar-refractivity contribution in [1.82, 2.24) is 14.8 Å². The Morgan fingerprint density at radius 1 is 1.00 bits per heavy atom. The first-order valence-corrected chi connectivity index (χ1v) is 7.65. The molecule has 6 heteroatoms. The topological polar surface area (TPSA) is 50.9 Å². The first kappa shape index (κ1) is 15.7. The van der Waals surface area contributed by atoms with Crippen LogP contribution < -0.4 is 0 Å². The third kappa shape index (κ3) is 3.79. The number of hydrogen-bond donors (Lipinski definition) is 1. The van der Waals surface area contributed by atoms with Gasteiger partial charge in [0.1, 0.15) is 18.8 Å². The highest BCUT2D eigenvalue weighted by Gasteiger charge is 2.16. The molecule has 1 N–H and O–H groups in total. The molecule has 0 aliphatic heterocycles. The van der Waals surface area contributed by atoms with Crippen LogP contribution in [-0.4, -0.2) is 19.9 Å². The molecule has 0 bridgehead atoms. The van der Waals surface area contributed by atoms with Gasteiger partial charge in [-0.25, -0.2) is 9.67 Å². The molecular weight excluding hydrogens is 333 g/mol. The number of nitrogens with zero attached hydrogens (tertiary/aromatic N) is 3. The summed E-state index contributed by atoms with van der Waals surface area (Å²) in [6.07, 6.45) is 3.93. The van der Waals surface area contributed by atoms with Crippen LogP contribution in [0.5, 0.6) is 0 Å². The lowest BCUT2D eigenvalue weighted by Gasteiger charge is -2.15. The van der Waals surface area contributed by atoms with Crippen molar-refractivity contribution in [2.45, 2.75) is 6.10 Å². The zero-order valence-corrected chi connectivity index (χ0v) is 13.5. The van der Waals surface area contributed by atoms with E-state index in [1.165, 1.54) is 11.0 Å². The lowest BCUT2D eigenvalue weighted by Crippen LogP contribution is -2.08. The molecule has 0 radical (unpaired) electrons. The van der Waals surface area contributed by atoms with E-state index in [1.807, 2.05) is 18.2 Å². The molecular formula is C17H13Cl2N3O. The molecule has 0 saturated carbocycles. The second-order valence-electron chi connectivity index (χ2n) is 4.91. The van der Waals surface area contributed by atoms with Gasteiger partial charge in [0.15, 0.2) is 0 Å². The van der Waals surface area contributed by atoms with Crippen LogP contribution in [0.3, 0.4) is 0 Å². The molecule has 23 heavy (non-hydrogen) atoms. The van der Waals surface area contributed by atoms with E-state index in [2.05, 4.69) is 10.1 Å². The maximum Gasteiger partial charge on any atom is 0.138 e. The highest BCUT2D eigenvalue weighted by Crippen LogP contribution is 2.28. The summed E-state index contributed by atoms with van der Waals surface area (Å²) in [5, 5.41) is 16.1. The normalized spacial score (nSPS) is 13.1. The summed E-state index contributed by atoms with van der Waals surface area (Å²) in [6.45, 7) is 0. The fourth-order valence-electron chi connectivity index (χ4n) is 2.16. The number of aliphatic hydroxyl groups excluding tert-OH is 1. The first-order valence-electron chi connectivity index (χ1n) is 6.89. The van der Waals surface area contributed by atoms with Crippen LogP contribution in [-0.2, 0) is 0 Å². The Kier molecular flexibility index (Phi) is 4.76. The Balaban J connectivity index is 2.02. The summed E-state index contributed by atoms with van der Waals surface area (Å²) in [7, 11) is 0. The molecule has 0 aliphatic rings. The third-order valence-electron chi connectivity index (χ3n) is 3.33. The van der Waals surface area contributed by atoms with Gasteiger partial charge in [-0.3, -0.25) is 0 Å². The summed E-state index contributed by atoms with van der Waals surface area (Å²) >= 11 is 11.8. The fourth-order valence-corrected chi connectivity index (χ4v) is 2.41. The molecule has 2 aromatic carbocycles. The Labute approximate surface area is 143 Å².